The maximum Gasteiger partial charge on any atom is 0.192 e. The first-order chi connectivity index (χ1) is 11.5. The Balaban J connectivity index is 2.33. The summed E-state index contributed by atoms with van der Waals surface area (Å²) >= 11 is 4.96. The summed E-state index contributed by atoms with van der Waals surface area (Å²) in [4.78, 5) is 3.05. The molecular weight excluding hydrogens is 386 g/mol. The van der Waals surface area contributed by atoms with Gasteiger partial charge in [0, 0.05) is 29.8 Å². The van der Waals surface area contributed by atoms with Crippen molar-refractivity contribution in [2.24, 2.45) is 17.1 Å². The minimum absolute atomic E-state index is 0.0802. The van der Waals surface area contributed by atoms with Gasteiger partial charge in [0.2, 0.25) is 0 Å². The third-order valence-electron chi connectivity index (χ3n) is 4.75. The van der Waals surface area contributed by atoms with Crippen LogP contribution in [-0.4, -0.2) is 25.0 Å². The SMILES string of the molecule is CN1CC=C2C(C#N)=C(N)C(C#N)(C#N)[C@@H](c3ccc(Br)s3)[C@@H]2C1. The Kier molecular flexibility index (Phi) is 4.24. The van der Waals surface area contributed by atoms with Gasteiger partial charge in [0.05, 0.1) is 27.2 Å². The number of nitrogens with two attached hydrogens (primary N) is 1. The molecule has 2 aliphatic rings. The van der Waals surface area contributed by atoms with Crippen molar-refractivity contribution in [1.29, 1.82) is 15.8 Å². The average molecular weight is 400 g/mol. The topological polar surface area (TPSA) is 101 Å². The Hall–Kier alpha value is -2.11. The summed E-state index contributed by atoms with van der Waals surface area (Å²) in [6.07, 6.45) is 1.99. The fourth-order valence-electron chi connectivity index (χ4n) is 3.63. The van der Waals surface area contributed by atoms with E-state index in [2.05, 4.69) is 39.0 Å². The summed E-state index contributed by atoms with van der Waals surface area (Å²) in [7, 11) is 1.99. The van der Waals surface area contributed by atoms with E-state index in [0.29, 0.717) is 12.1 Å². The van der Waals surface area contributed by atoms with E-state index in [0.717, 1.165) is 20.8 Å². The van der Waals surface area contributed by atoms with Gasteiger partial charge in [-0.15, -0.1) is 11.3 Å². The molecule has 0 radical (unpaired) electrons. The number of halogens is 1. The number of nitriles is 3. The number of hydrogen-bond donors (Lipinski definition) is 1. The Bertz CT molecular complexity index is 862. The minimum Gasteiger partial charge on any atom is -0.399 e. The number of rotatable bonds is 1. The molecule has 1 aromatic rings. The summed E-state index contributed by atoms with van der Waals surface area (Å²) in [5, 5.41) is 29.4. The molecule has 24 heavy (non-hydrogen) atoms. The van der Waals surface area contributed by atoms with Gasteiger partial charge in [-0.05, 0) is 40.7 Å². The summed E-state index contributed by atoms with van der Waals surface area (Å²) in [5.41, 5.74) is 5.92. The molecule has 0 amide bonds. The number of allylic oxidation sites excluding steroid dienone is 2. The lowest BCUT2D eigenvalue weighted by Gasteiger charge is -2.44. The van der Waals surface area contributed by atoms with E-state index in [1.54, 1.807) is 0 Å². The molecule has 0 spiro atoms. The quantitative estimate of drug-likeness (QED) is 0.781. The Morgan fingerprint density at radius 3 is 2.58 bits per heavy atom. The summed E-state index contributed by atoms with van der Waals surface area (Å²) in [6.45, 7) is 1.40. The highest BCUT2D eigenvalue weighted by Crippen LogP contribution is 2.55. The van der Waals surface area contributed by atoms with Gasteiger partial charge >= 0.3 is 0 Å². The predicted molar refractivity (Wildman–Crippen MR) is 94.3 cm³/mol. The van der Waals surface area contributed by atoms with Crippen LogP contribution in [0.5, 0.6) is 0 Å². The molecule has 0 fully saturated rings. The second-order valence-electron chi connectivity index (χ2n) is 6.04. The van der Waals surface area contributed by atoms with E-state index >= 15 is 0 Å². The van der Waals surface area contributed by atoms with Crippen LogP contribution in [0.4, 0.5) is 0 Å². The van der Waals surface area contributed by atoms with Crippen LogP contribution in [0.2, 0.25) is 0 Å². The minimum atomic E-state index is -1.53. The lowest BCUT2D eigenvalue weighted by Crippen LogP contribution is -2.47. The number of hydrogen-bond acceptors (Lipinski definition) is 6. The normalized spacial score (nSPS) is 25.9. The second kappa shape index (κ2) is 6.07. The second-order valence-corrected chi connectivity index (χ2v) is 8.53. The maximum absolute atomic E-state index is 9.88. The molecule has 0 saturated heterocycles. The molecule has 2 heterocycles. The van der Waals surface area contributed by atoms with Crippen LogP contribution >= 0.6 is 27.3 Å². The van der Waals surface area contributed by atoms with E-state index < -0.39 is 11.3 Å². The van der Waals surface area contributed by atoms with Gasteiger partial charge in [-0.2, -0.15) is 15.8 Å². The van der Waals surface area contributed by atoms with E-state index in [-0.39, 0.29) is 11.6 Å². The highest BCUT2D eigenvalue weighted by atomic mass is 79.9. The van der Waals surface area contributed by atoms with Crippen molar-refractivity contribution in [2.45, 2.75) is 5.92 Å². The Morgan fingerprint density at radius 1 is 1.33 bits per heavy atom. The van der Waals surface area contributed by atoms with Crippen LogP contribution in [0.1, 0.15) is 10.8 Å². The van der Waals surface area contributed by atoms with Crippen molar-refractivity contribution in [1.82, 2.24) is 4.90 Å². The molecule has 0 unspecified atom stereocenters. The van der Waals surface area contributed by atoms with Crippen molar-refractivity contribution in [2.75, 3.05) is 20.1 Å². The monoisotopic (exact) mass is 399 g/mol. The van der Waals surface area contributed by atoms with Crippen molar-refractivity contribution in [3.8, 4) is 18.2 Å². The zero-order valence-electron chi connectivity index (χ0n) is 13.0. The van der Waals surface area contributed by atoms with E-state index in [4.69, 9.17) is 5.73 Å². The van der Waals surface area contributed by atoms with Gasteiger partial charge in [0.15, 0.2) is 5.41 Å². The molecule has 2 atom stereocenters. The standard InChI is InChI=1S/C17H14BrN5S/c1-23-5-4-10-11(6-19)16(22)17(8-20,9-21)15(12(10)7-23)13-2-3-14(18)24-13/h2-4,12,15H,5,7,22H2,1H3/t12-,15-/m1/s1. The first-order valence-electron chi connectivity index (χ1n) is 7.35. The van der Waals surface area contributed by atoms with Gasteiger partial charge in [-0.3, -0.25) is 0 Å². The molecule has 120 valence electrons. The average Bonchev–Trinajstić information content (AvgIpc) is 3.00. The van der Waals surface area contributed by atoms with Crippen LogP contribution < -0.4 is 5.73 Å². The first kappa shape index (κ1) is 16.7. The van der Waals surface area contributed by atoms with E-state index in [1.165, 1.54) is 11.3 Å². The zero-order valence-corrected chi connectivity index (χ0v) is 15.4. The molecule has 1 aliphatic carbocycles. The third kappa shape index (κ3) is 2.27. The van der Waals surface area contributed by atoms with Gasteiger partial charge < -0.3 is 10.6 Å². The summed E-state index contributed by atoms with van der Waals surface area (Å²) in [6, 6.07) is 10.2. The zero-order chi connectivity index (χ0) is 17.5. The van der Waals surface area contributed by atoms with Crippen LogP contribution in [0, 0.1) is 45.3 Å². The highest BCUT2D eigenvalue weighted by molar-refractivity contribution is 9.11. The Labute approximate surface area is 153 Å². The molecule has 3 rings (SSSR count). The van der Waals surface area contributed by atoms with Gasteiger partial charge in [0.25, 0.3) is 0 Å². The largest absolute Gasteiger partial charge is 0.399 e. The highest BCUT2D eigenvalue weighted by Gasteiger charge is 2.54. The molecular formula is C17H14BrN5S. The van der Waals surface area contributed by atoms with Crippen molar-refractivity contribution >= 4 is 27.3 Å². The number of nitrogens with zero attached hydrogens (tertiary/aromatic N) is 4. The fraction of sp³-hybridized carbons (Fsp3) is 0.353. The predicted octanol–water partition coefficient (Wildman–Crippen LogP) is 2.87. The van der Waals surface area contributed by atoms with Crippen molar-refractivity contribution in [3.63, 3.8) is 0 Å². The van der Waals surface area contributed by atoms with E-state index in [1.807, 2.05) is 25.3 Å². The van der Waals surface area contributed by atoms with E-state index in [9.17, 15) is 15.8 Å². The van der Waals surface area contributed by atoms with Crippen molar-refractivity contribution in [3.05, 3.63) is 43.7 Å². The Morgan fingerprint density at radius 2 is 2.04 bits per heavy atom. The van der Waals surface area contributed by atoms with Crippen LogP contribution in [0.15, 0.2) is 38.8 Å². The molecule has 0 bridgehead atoms. The third-order valence-corrected chi connectivity index (χ3v) is 6.45. The first-order valence-corrected chi connectivity index (χ1v) is 8.96. The van der Waals surface area contributed by atoms with Crippen LogP contribution in [0.25, 0.3) is 0 Å². The van der Waals surface area contributed by atoms with Gasteiger partial charge in [-0.25, -0.2) is 0 Å². The molecule has 0 saturated carbocycles. The number of fused-ring (bicyclic) bond motifs is 1. The lowest BCUT2D eigenvalue weighted by molar-refractivity contribution is 0.240. The van der Waals surface area contributed by atoms with Crippen LogP contribution in [-0.2, 0) is 0 Å². The fourth-order valence-corrected chi connectivity index (χ4v) is 5.28. The maximum atomic E-state index is 9.88. The molecule has 2 N–H and O–H groups in total. The molecule has 1 aliphatic heterocycles. The molecule has 0 aromatic carbocycles. The number of likely N-dealkylation sites (N-methyl/N-ethyl adjacent to an activating group) is 1. The van der Waals surface area contributed by atoms with Gasteiger partial charge in [0.1, 0.15) is 6.07 Å². The van der Waals surface area contributed by atoms with Gasteiger partial charge in [-0.1, -0.05) is 6.08 Å². The van der Waals surface area contributed by atoms with Crippen molar-refractivity contribution < 1.29 is 0 Å². The molecule has 1 aromatic heterocycles. The summed E-state index contributed by atoms with van der Waals surface area (Å²) in [5.74, 6) is -0.509. The molecule has 5 nitrogen and oxygen atoms in total. The molecule has 7 heteroatoms. The lowest BCUT2D eigenvalue weighted by atomic mass is 9.59. The summed E-state index contributed by atoms with van der Waals surface area (Å²) < 4.78 is 0.936. The smallest absolute Gasteiger partial charge is 0.192 e. The van der Waals surface area contributed by atoms with Crippen LogP contribution in [0.3, 0.4) is 0 Å². The number of thiophene rings is 1.